The van der Waals surface area contributed by atoms with E-state index in [1.807, 2.05) is 12.1 Å². The van der Waals surface area contributed by atoms with E-state index in [1.165, 1.54) is 35.9 Å². The summed E-state index contributed by atoms with van der Waals surface area (Å²) in [5, 5.41) is 2.36. The average molecular weight is 372 g/mol. The van der Waals surface area contributed by atoms with Gasteiger partial charge in [0.15, 0.2) is 0 Å². The first-order chi connectivity index (χ1) is 13.6. The fourth-order valence-corrected chi connectivity index (χ4v) is 3.57. The molecule has 0 aromatic heterocycles. The Kier molecular flexibility index (Phi) is 5.21. The quantitative estimate of drug-likeness (QED) is 0.335. The number of aryl methyl sites for hydroxylation is 1. The highest BCUT2D eigenvalue weighted by Gasteiger charge is 2.08. The minimum atomic E-state index is -0.324. The van der Waals surface area contributed by atoms with E-state index in [0.717, 1.165) is 22.9 Å². The molecule has 4 rings (SSSR count). The number of halogens is 2. The zero-order chi connectivity index (χ0) is 19.5. The fraction of sp³-hybridized carbons (Fsp3) is 0.154. The molecule has 2 heteroatoms. The Balaban J connectivity index is 1.65. The van der Waals surface area contributed by atoms with Crippen molar-refractivity contribution in [2.75, 3.05) is 0 Å². The van der Waals surface area contributed by atoms with Crippen molar-refractivity contribution in [2.24, 2.45) is 0 Å². The van der Waals surface area contributed by atoms with E-state index >= 15 is 0 Å². The van der Waals surface area contributed by atoms with Crippen molar-refractivity contribution in [3.63, 3.8) is 0 Å². The molecule has 0 aliphatic rings. The van der Waals surface area contributed by atoms with Gasteiger partial charge in [-0.2, -0.15) is 0 Å². The van der Waals surface area contributed by atoms with E-state index < -0.39 is 0 Å². The summed E-state index contributed by atoms with van der Waals surface area (Å²) in [6.45, 7) is 2.20. The lowest BCUT2D eigenvalue weighted by molar-refractivity contribution is 0.626. The molecule has 0 amide bonds. The Morgan fingerprint density at radius 1 is 0.643 bits per heavy atom. The van der Waals surface area contributed by atoms with E-state index in [0.29, 0.717) is 11.1 Å². The molecule has 0 saturated carbocycles. The molecule has 0 bridgehead atoms. The summed E-state index contributed by atoms with van der Waals surface area (Å²) < 4.78 is 27.8. The van der Waals surface area contributed by atoms with Crippen molar-refractivity contribution >= 4 is 10.8 Å². The molecule has 4 aromatic rings. The van der Waals surface area contributed by atoms with Gasteiger partial charge in [-0.1, -0.05) is 67.9 Å². The molecule has 0 heterocycles. The number of fused-ring (bicyclic) bond motifs is 1. The molecule has 0 atom stereocenters. The predicted molar refractivity (Wildman–Crippen MR) is 113 cm³/mol. The van der Waals surface area contributed by atoms with Crippen LogP contribution < -0.4 is 0 Å². The van der Waals surface area contributed by atoms with Crippen LogP contribution in [0.5, 0.6) is 0 Å². The van der Waals surface area contributed by atoms with Crippen LogP contribution in [0.1, 0.15) is 25.3 Å². The van der Waals surface area contributed by atoms with Gasteiger partial charge in [-0.3, -0.25) is 0 Å². The molecule has 0 spiro atoms. The Morgan fingerprint density at radius 3 is 2.04 bits per heavy atom. The molecule has 0 N–H and O–H groups in total. The number of hydrogen-bond acceptors (Lipinski definition) is 0. The maximum Gasteiger partial charge on any atom is 0.131 e. The zero-order valence-corrected chi connectivity index (χ0v) is 15.9. The summed E-state index contributed by atoms with van der Waals surface area (Å²) >= 11 is 0. The Morgan fingerprint density at radius 2 is 1.29 bits per heavy atom. The van der Waals surface area contributed by atoms with Crippen molar-refractivity contribution in [1.82, 2.24) is 0 Å². The van der Waals surface area contributed by atoms with Gasteiger partial charge in [-0.25, -0.2) is 8.78 Å². The molecule has 0 aliphatic heterocycles. The Hall–Kier alpha value is -3.00. The summed E-state index contributed by atoms with van der Waals surface area (Å²) in [7, 11) is 0. The number of unbranched alkanes of at least 4 members (excludes halogenated alkanes) is 1. The third-order valence-corrected chi connectivity index (χ3v) is 5.18. The van der Waals surface area contributed by atoms with E-state index in [9.17, 15) is 8.78 Å². The SMILES string of the molecule is CCCCc1ccc2cc(-c3ccc(-c4ccc(F)cc4)c(F)c3)ccc2c1. The van der Waals surface area contributed by atoms with Gasteiger partial charge >= 0.3 is 0 Å². The number of benzene rings is 4. The molecule has 0 aliphatic carbocycles. The highest BCUT2D eigenvalue weighted by Crippen LogP contribution is 2.30. The second-order valence-corrected chi connectivity index (χ2v) is 7.20. The van der Waals surface area contributed by atoms with Crippen LogP contribution in [0.25, 0.3) is 33.0 Å². The Bertz CT molecular complexity index is 1110. The van der Waals surface area contributed by atoms with Crippen molar-refractivity contribution < 1.29 is 8.78 Å². The van der Waals surface area contributed by atoms with Crippen molar-refractivity contribution in [1.29, 1.82) is 0 Å². The van der Waals surface area contributed by atoms with Crippen LogP contribution in [0.4, 0.5) is 8.78 Å². The molecule has 28 heavy (non-hydrogen) atoms. The monoisotopic (exact) mass is 372 g/mol. The van der Waals surface area contributed by atoms with E-state index in [4.69, 9.17) is 0 Å². The lowest BCUT2D eigenvalue weighted by Crippen LogP contribution is -1.88. The first-order valence-electron chi connectivity index (χ1n) is 9.72. The maximum atomic E-state index is 14.7. The molecule has 4 aromatic carbocycles. The standard InChI is InChI=1S/C26H22F2/c1-2-3-4-18-5-6-21-16-22(8-7-20(21)15-18)23-11-14-25(26(28)17-23)19-9-12-24(27)13-10-19/h5-17H,2-4H2,1H3. The van der Waals surface area contributed by atoms with Crippen LogP contribution in [0.2, 0.25) is 0 Å². The third-order valence-electron chi connectivity index (χ3n) is 5.18. The summed E-state index contributed by atoms with van der Waals surface area (Å²) in [4.78, 5) is 0. The highest BCUT2D eigenvalue weighted by molar-refractivity contribution is 5.88. The van der Waals surface area contributed by atoms with Gasteiger partial charge < -0.3 is 0 Å². The first-order valence-corrected chi connectivity index (χ1v) is 9.72. The Labute approximate surface area is 164 Å². The molecule has 0 fully saturated rings. The molecule has 0 unspecified atom stereocenters. The van der Waals surface area contributed by atoms with E-state index in [1.54, 1.807) is 24.3 Å². The summed E-state index contributed by atoms with van der Waals surface area (Å²) in [5.41, 5.74) is 4.32. The minimum Gasteiger partial charge on any atom is -0.207 e. The highest BCUT2D eigenvalue weighted by atomic mass is 19.1. The molecular formula is C26H22F2. The first kappa shape index (κ1) is 18.4. The maximum absolute atomic E-state index is 14.7. The zero-order valence-electron chi connectivity index (χ0n) is 15.9. The van der Waals surface area contributed by atoms with Gasteiger partial charge in [0.25, 0.3) is 0 Å². The lowest BCUT2D eigenvalue weighted by Gasteiger charge is -2.09. The van der Waals surface area contributed by atoms with Crippen molar-refractivity contribution in [3.8, 4) is 22.3 Å². The summed E-state index contributed by atoms with van der Waals surface area (Å²) in [5.74, 6) is -0.631. The van der Waals surface area contributed by atoms with Gasteiger partial charge in [0.05, 0.1) is 0 Å². The van der Waals surface area contributed by atoms with Crippen LogP contribution >= 0.6 is 0 Å². The topological polar surface area (TPSA) is 0 Å². The van der Waals surface area contributed by atoms with Gasteiger partial charge in [-0.05, 0) is 70.1 Å². The van der Waals surface area contributed by atoms with Gasteiger partial charge in [0.1, 0.15) is 11.6 Å². The molecular weight excluding hydrogens is 350 g/mol. The van der Waals surface area contributed by atoms with E-state index in [-0.39, 0.29) is 11.6 Å². The normalized spacial score (nSPS) is 11.1. The van der Waals surface area contributed by atoms with Gasteiger partial charge in [0.2, 0.25) is 0 Å². The molecule has 0 nitrogen and oxygen atoms in total. The number of rotatable bonds is 5. The second-order valence-electron chi connectivity index (χ2n) is 7.20. The molecule has 140 valence electrons. The fourth-order valence-electron chi connectivity index (χ4n) is 3.57. The average Bonchev–Trinajstić information content (AvgIpc) is 2.72. The van der Waals surface area contributed by atoms with Crippen molar-refractivity contribution in [3.05, 3.63) is 96.1 Å². The largest absolute Gasteiger partial charge is 0.207 e. The lowest BCUT2D eigenvalue weighted by atomic mass is 9.96. The smallest absolute Gasteiger partial charge is 0.131 e. The number of hydrogen-bond donors (Lipinski definition) is 0. The van der Waals surface area contributed by atoms with Gasteiger partial charge in [0, 0.05) is 5.56 Å². The van der Waals surface area contributed by atoms with Gasteiger partial charge in [-0.15, -0.1) is 0 Å². The van der Waals surface area contributed by atoms with Crippen LogP contribution in [-0.4, -0.2) is 0 Å². The third kappa shape index (κ3) is 3.82. The van der Waals surface area contributed by atoms with Crippen LogP contribution in [0.3, 0.4) is 0 Å². The molecule has 0 saturated heterocycles. The van der Waals surface area contributed by atoms with Crippen LogP contribution in [-0.2, 0) is 6.42 Å². The van der Waals surface area contributed by atoms with Crippen LogP contribution in [0, 0.1) is 11.6 Å². The van der Waals surface area contributed by atoms with Crippen molar-refractivity contribution in [2.45, 2.75) is 26.2 Å². The second kappa shape index (κ2) is 7.93. The van der Waals surface area contributed by atoms with E-state index in [2.05, 4.69) is 37.3 Å². The summed E-state index contributed by atoms with van der Waals surface area (Å²) in [6.07, 6.45) is 3.49. The minimum absolute atomic E-state index is 0.306. The summed E-state index contributed by atoms with van der Waals surface area (Å²) in [6, 6.07) is 23.9. The van der Waals surface area contributed by atoms with Crippen LogP contribution in [0.15, 0.2) is 78.9 Å². The molecule has 0 radical (unpaired) electrons. The predicted octanol–water partition coefficient (Wildman–Crippen LogP) is 7.79.